The molecule has 86 valence electrons. The third-order valence-electron chi connectivity index (χ3n) is 2.60. The molecule has 1 N–H and O–H groups in total. The molecular formula is C13H19N3. The Kier molecular flexibility index (Phi) is 4.70. The molecule has 0 aromatic carbocycles. The highest BCUT2D eigenvalue weighted by atomic mass is 15.2. The molecule has 16 heavy (non-hydrogen) atoms. The lowest BCUT2D eigenvalue weighted by atomic mass is 9.83. The van der Waals surface area contributed by atoms with Crippen molar-refractivity contribution in [1.82, 2.24) is 5.32 Å². The molecule has 1 aliphatic rings. The van der Waals surface area contributed by atoms with E-state index in [-0.39, 0.29) is 5.41 Å². The lowest BCUT2D eigenvalue weighted by Crippen LogP contribution is -2.16. The fourth-order valence-corrected chi connectivity index (χ4v) is 1.31. The third-order valence-corrected chi connectivity index (χ3v) is 2.60. The monoisotopic (exact) mass is 217 g/mol. The summed E-state index contributed by atoms with van der Waals surface area (Å²) >= 11 is 0. The van der Waals surface area contributed by atoms with Gasteiger partial charge in [-0.3, -0.25) is 0 Å². The maximum atomic E-state index is 3.99. The molecule has 0 saturated heterocycles. The average molecular weight is 217 g/mol. The van der Waals surface area contributed by atoms with Gasteiger partial charge in [0.05, 0.1) is 0 Å². The van der Waals surface area contributed by atoms with Crippen LogP contribution in [0, 0.1) is 5.41 Å². The van der Waals surface area contributed by atoms with Gasteiger partial charge in [-0.25, -0.2) is 0 Å². The van der Waals surface area contributed by atoms with Crippen molar-refractivity contribution in [2.24, 2.45) is 15.6 Å². The van der Waals surface area contributed by atoms with E-state index in [2.05, 4.69) is 48.4 Å². The number of allylic oxidation sites excluding steroid dienone is 5. The SMILES string of the molecule is CCN/C=C\C=C(/C)C1(C)C=CC=NN=C1. The molecule has 0 aromatic rings. The zero-order chi connectivity index (χ0) is 11.9. The van der Waals surface area contributed by atoms with Gasteiger partial charge in [0, 0.05) is 24.4 Å². The van der Waals surface area contributed by atoms with Crippen molar-refractivity contribution < 1.29 is 0 Å². The Balaban J connectivity index is 2.75. The van der Waals surface area contributed by atoms with E-state index in [9.17, 15) is 0 Å². The van der Waals surface area contributed by atoms with Crippen molar-refractivity contribution in [3.8, 4) is 0 Å². The minimum Gasteiger partial charge on any atom is -0.391 e. The normalized spacial score (nSPS) is 25.1. The summed E-state index contributed by atoms with van der Waals surface area (Å²) in [5, 5.41) is 11.0. The molecule has 1 aliphatic heterocycles. The largest absolute Gasteiger partial charge is 0.391 e. The Hall–Kier alpha value is -1.64. The van der Waals surface area contributed by atoms with E-state index in [1.807, 2.05) is 24.6 Å². The van der Waals surface area contributed by atoms with Crippen LogP contribution in [0.2, 0.25) is 0 Å². The maximum absolute atomic E-state index is 3.99. The first-order chi connectivity index (χ1) is 7.69. The number of hydrogen-bond acceptors (Lipinski definition) is 3. The van der Waals surface area contributed by atoms with E-state index in [0.29, 0.717) is 0 Å². The molecule has 1 atom stereocenters. The van der Waals surface area contributed by atoms with Gasteiger partial charge in [-0.15, -0.1) is 0 Å². The minimum absolute atomic E-state index is 0.146. The molecule has 1 unspecified atom stereocenters. The number of nitrogens with one attached hydrogen (secondary N) is 1. The highest BCUT2D eigenvalue weighted by molar-refractivity contribution is 5.80. The number of rotatable bonds is 4. The van der Waals surface area contributed by atoms with Crippen LogP contribution in [0.4, 0.5) is 0 Å². The molecule has 0 bridgehead atoms. The molecule has 1 heterocycles. The quantitative estimate of drug-likeness (QED) is 0.722. The Morgan fingerprint density at radius 2 is 2.25 bits per heavy atom. The molecule has 1 rings (SSSR count). The molecule has 3 heteroatoms. The van der Waals surface area contributed by atoms with Crippen molar-refractivity contribution in [2.75, 3.05) is 6.54 Å². The first-order valence-corrected chi connectivity index (χ1v) is 5.52. The van der Waals surface area contributed by atoms with Crippen LogP contribution < -0.4 is 5.32 Å². The summed E-state index contributed by atoms with van der Waals surface area (Å²) in [6, 6.07) is 0. The molecule has 0 fully saturated rings. The summed E-state index contributed by atoms with van der Waals surface area (Å²) in [6.45, 7) is 7.22. The van der Waals surface area contributed by atoms with Crippen LogP contribution in [0.25, 0.3) is 0 Å². The van der Waals surface area contributed by atoms with Crippen molar-refractivity contribution in [3.05, 3.63) is 36.1 Å². The van der Waals surface area contributed by atoms with Crippen LogP contribution in [0.1, 0.15) is 20.8 Å². The van der Waals surface area contributed by atoms with Crippen molar-refractivity contribution in [1.29, 1.82) is 0 Å². The van der Waals surface area contributed by atoms with Crippen LogP contribution >= 0.6 is 0 Å². The summed E-state index contributed by atoms with van der Waals surface area (Å²) in [5.41, 5.74) is 1.08. The summed E-state index contributed by atoms with van der Waals surface area (Å²) in [5.74, 6) is 0. The van der Waals surface area contributed by atoms with Gasteiger partial charge in [-0.2, -0.15) is 10.2 Å². The van der Waals surface area contributed by atoms with Crippen LogP contribution in [0.15, 0.2) is 46.3 Å². The second-order valence-electron chi connectivity index (χ2n) is 3.92. The third kappa shape index (κ3) is 3.50. The second-order valence-corrected chi connectivity index (χ2v) is 3.92. The zero-order valence-corrected chi connectivity index (χ0v) is 10.1. The molecular weight excluding hydrogens is 198 g/mol. The van der Waals surface area contributed by atoms with Crippen molar-refractivity contribution in [3.63, 3.8) is 0 Å². The standard InChI is InChI=1S/C13H19N3/c1-4-14-9-5-7-12(2)13(3)8-6-10-15-16-11-13/h5-11,14H,4H2,1-3H3/b9-5-,12-7+. The van der Waals surface area contributed by atoms with E-state index < -0.39 is 0 Å². The van der Waals surface area contributed by atoms with Gasteiger partial charge in [0.15, 0.2) is 0 Å². The Morgan fingerprint density at radius 3 is 3.00 bits per heavy atom. The summed E-state index contributed by atoms with van der Waals surface area (Å²) < 4.78 is 0. The maximum Gasteiger partial charge on any atom is 0.0492 e. The molecule has 0 spiro atoms. The van der Waals surface area contributed by atoms with Gasteiger partial charge in [-0.05, 0) is 39.1 Å². The lowest BCUT2D eigenvalue weighted by molar-refractivity contribution is 0.729. The van der Waals surface area contributed by atoms with E-state index >= 15 is 0 Å². The van der Waals surface area contributed by atoms with Crippen LogP contribution in [0.5, 0.6) is 0 Å². The predicted molar refractivity (Wildman–Crippen MR) is 70.8 cm³/mol. The first-order valence-electron chi connectivity index (χ1n) is 5.52. The van der Waals surface area contributed by atoms with E-state index in [1.54, 1.807) is 6.21 Å². The summed E-state index contributed by atoms with van der Waals surface area (Å²) in [6.07, 6.45) is 13.6. The van der Waals surface area contributed by atoms with Gasteiger partial charge in [-0.1, -0.05) is 17.7 Å². The first kappa shape index (κ1) is 12.4. The number of hydrogen-bond donors (Lipinski definition) is 1. The highest BCUT2D eigenvalue weighted by Gasteiger charge is 2.20. The van der Waals surface area contributed by atoms with E-state index in [1.165, 1.54) is 5.57 Å². The number of nitrogens with zero attached hydrogens (tertiary/aromatic N) is 2. The van der Waals surface area contributed by atoms with Gasteiger partial charge < -0.3 is 5.32 Å². The zero-order valence-electron chi connectivity index (χ0n) is 10.1. The Morgan fingerprint density at radius 1 is 1.44 bits per heavy atom. The fraction of sp³-hybridized carbons (Fsp3) is 0.385. The van der Waals surface area contributed by atoms with Crippen molar-refractivity contribution >= 4 is 12.4 Å². The molecule has 0 amide bonds. The van der Waals surface area contributed by atoms with E-state index in [0.717, 1.165) is 6.54 Å². The minimum atomic E-state index is -0.146. The molecule has 0 saturated carbocycles. The highest BCUT2D eigenvalue weighted by Crippen LogP contribution is 2.27. The van der Waals surface area contributed by atoms with Gasteiger partial charge in [0.2, 0.25) is 0 Å². The molecule has 0 aromatic heterocycles. The predicted octanol–water partition coefficient (Wildman–Crippen LogP) is 2.69. The van der Waals surface area contributed by atoms with Crippen LogP contribution in [0.3, 0.4) is 0 Å². The topological polar surface area (TPSA) is 36.8 Å². The average Bonchev–Trinajstić information content (AvgIpc) is 2.50. The molecule has 0 aliphatic carbocycles. The molecule has 3 nitrogen and oxygen atoms in total. The fourth-order valence-electron chi connectivity index (χ4n) is 1.31. The summed E-state index contributed by atoms with van der Waals surface area (Å²) in [7, 11) is 0. The van der Waals surface area contributed by atoms with Gasteiger partial charge in [0.25, 0.3) is 0 Å². The van der Waals surface area contributed by atoms with Gasteiger partial charge in [0.1, 0.15) is 0 Å². The van der Waals surface area contributed by atoms with Crippen LogP contribution in [-0.4, -0.2) is 19.0 Å². The van der Waals surface area contributed by atoms with Crippen LogP contribution in [-0.2, 0) is 0 Å². The van der Waals surface area contributed by atoms with Crippen molar-refractivity contribution in [2.45, 2.75) is 20.8 Å². The summed E-state index contributed by atoms with van der Waals surface area (Å²) in [4.78, 5) is 0. The lowest BCUT2D eigenvalue weighted by Gasteiger charge is -2.20. The second kappa shape index (κ2) is 6.05. The Labute approximate surface area is 97.4 Å². The molecule has 0 radical (unpaired) electrons. The van der Waals surface area contributed by atoms with Gasteiger partial charge >= 0.3 is 0 Å². The smallest absolute Gasteiger partial charge is 0.0492 e. The Bertz CT molecular complexity index is 343. The van der Waals surface area contributed by atoms with E-state index in [4.69, 9.17) is 0 Å².